The van der Waals surface area contributed by atoms with Gasteiger partial charge < -0.3 is 15.3 Å². The molecule has 0 bridgehead atoms. The maximum atomic E-state index is 9.48. The number of hydrogen-bond acceptors (Lipinski definition) is 3. The average Bonchev–Trinajstić information content (AvgIpc) is 2.45. The summed E-state index contributed by atoms with van der Waals surface area (Å²) in [6.07, 6.45) is 2.06. The van der Waals surface area contributed by atoms with E-state index in [4.69, 9.17) is 0 Å². The van der Waals surface area contributed by atoms with Crippen LogP contribution in [0.25, 0.3) is 0 Å². The summed E-state index contributed by atoms with van der Waals surface area (Å²) in [5.74, 6) is 0. The number of nitrogens with zero attached hydrogens (tertiary/aromatic N) is 1. The molecule has 0 radical (unpaired) electrons. The van der Waals surface area contributed by atoms with Crippen LogP contribution in [0.5, 0.6) is 0 Å². The molecule has 0 spiro atoms. The van der Waals surface area contributed by atoms with E-state index in [2.05, 4.69) is 55.3 Å². The lowest BCUT2D eigenvalue weighted by Crippen LogP contribution is -2.46. The number of hydrogen-bond donors (Lipinski definition) is 2. The molecule has 3 heteroatoms. The number of nitrogens with one attached hydrogen (secondary N) is 1. The van der Waals surface area contributed by atoms with E-state index in [-0.39, 0.29) is 12.1 Å². The van der Waals surface area contributed by atoms with Crippen LogP contribution in [0.2, 0.25) is 0 Å². The molecular weight excluding hydrogens is 236 g/mol. The van der Waals surface area contributed by atoms with Crippen molar-refractivity contribution in [1.82, 2.24) is 5.32 Å². The third-order valence-corrected chi connectivity index (χ3v) is 3.61. The molecule has 1 unspecified atom stereocenters. The Kier molecular flexibility index (Phi) is 6.89. The Morgan fingerprint density at radius 1 is 1.21 bits per heavy atom. The minimum absolute atomic E-state index is 0.148. The van der Waals surface area contributed by atoms with Crippen molar-refractivity contribution in [2.75, 3.05) is 31.1 Å². The quantitative estimate of drug-likeness (QED) is 0.720. The molecule has 0 fully saturated rings. The lowest BCUT2D eigenvalue weighted by Gasteiger charge is -2.30. The Labute approximate surface area is 117 Å². The number of rotatable bonds is 9. The second kappa shape index (κ2) is 8.18. The van der Waals surface area contributed by atoms with Crippen molar-refractivity contribution in [3.63, 3.8) is 0 Å². The minimum atomic E-state index is -0.148. The second-order valence-corrected chi connectivity index (χ2v) is 5.27. The van der Waals surface area contributed by atoms with Crippen molar-refractivity contribution in [2.45, 2.75) is 39.2 Å². The molecule has 3 nitrogen and oxygen atoms in total. The summed E-state index contributed by atoms with van der Waals surface area (Å²) in [5.41, 5.74) is 1.13. The predicted octanol–water partition coefficient (Wildman–Crippen LogP) is 2.65. The van der Waals surface area contributed by atoms with Crippen molar-refractivity contribution in [3.8, 4) is 0 Å². The Morgan fingerprint density at radius 3 is 2.42 bits per heavy atom. The van der Waals surface area contributed by atoms with Crippen molar-refractivity contribution < 1.29 is 5.11 Å². The van der Waals surface area contributed by atoms with Crippen LogP contribution in [-0.4, -0.2) is 36.9 Å². The third-order valence-electron chi connectivity index (χ3n) is 3.61. The summed E-state index contributed by atoms with van der Waals surface area (Å²) in [5, 5.41) is 12.9. The predicted molar refractivity (Wildman–Crippen MR) is 82.7 cm³/mol. The van der Waals surface area contributed by atoms with Crippen LogP contribution >= 0.6 is 0 Å². The highest BCUT2D eigenvalue weighted by atomic mass is 16.3. The fraction of sp³-hybridized carbons (Fsp3) is 0.625. The molecular formula is C16H28N2O. The number of para-hydroxylation sites is 1. The van der Waals surface area contributed by atoms with Gasteiger partial charge in [-0.1, -0.05) is 25.1 Å². The maximum Gasteiger partial charge on any atom is 0.0610 e. The van der Waals surface area contributed by atoms with E-state index in [9.17, 15) is 5.11 Å². The SMILES string of the molecule is CCNC(C)(CO)CCCN(CC)c1ccccc1. The summed E-state index contributed by atoms with van der Waals surface area (Å²) in [4.78, 5) is 2.38. The van der Waals surface area contributed by atoms with E-state index in [0.717, 1.165) is 32.5 Å². The first kappa shape index (κ1) is 16.0. The number of anilines is 1. The molecule has 1 atom stereocenters. The monoisotopic (exact) mass is 264 g/mol. The molecule has 2 N–H and O–H groups in total. The fourth-order valence-corrected chi connectivity index (χ4v) is 2.42. The zero-order valence-electron chi connectivity index (χ0n) is 12.5. The molecule has 0 aromatic heterocycles. The highest BCUT2D eigenvalue weighted by Gasteiger charge is 2.21. The Balaban J connectivity index is 2.46. The van der Waals surface area contributed by atoms with E-state index in [0.29, 0.717) is 0 Å². The second-order valence-electron chi connectivity index (χ2n) is 5.27. The first-order valence-electron chi connectivity index (χ1n) is 7.31. The van der Waals surface area contributed by atoms with E-state index in [1.807, 2.05) is 6.07 Å². The van der Waals surface area contributed by atoms with Crippen molar-refractivity contribution in [3.05, 3.63) is 30.3 Å². The van der Waals surface area contributed by atoms with Crippen molar-refractivity contribution >= 4 is 5.69 Å². The van der Waals surface area contributed by atoms with Gasteiger partial charge in [-0.2, -0.15) is 0 Å². The van der Waals surface area contributed by atoms with Crippen LogP contribution in [0.1, 0.15) is 33.6 Å². The van der Waals surface area contributed by atoms with Crippen molar-refractivity contribution in [1.29, 1.82) is 0 Å². The van der Waals surface area contributed by atoms with Gasteiger partial charge >= 0.3 is 0 Å². The summed E-state index contributed by atoms with van der Waals surface area (Å²) >= 11 is 0. The zero-order chi connectivity index (χ0) is 14.1. The number of likely N-dealkylation sites (N-methyl/N-ethyl adjacent to an activating group) is 1. The van der Waals surface area contributed by atoms with E-state index >= 15 is 0 Å². The minimum Gasteiger partial charge on any atom is -0.394 e. The summed E-state index contributed by atoms with van der Waals surface area (Å²) in [7, 11) is 0. The van der Waals surface area contributed by atoms with Gasteiger partial charge in [0.1, 0.15) is 0 Å². The van der Waals surface area contributed by atoms with Crippen LogP contribution in [0.3, 0.4) is 0 Å². The summed E-state index contributed by atoms with van der Waals surface area (Å²) < 4.78 is 0. The number of aliphatic hydroxyl groups is 1. The lowest BCUT2D eigenvalue weighted by molar-refractivity contribution is 0.166. The number of aliphatic hydroxyl groups excluding tert-OH is 1. The van der Waals surface area contributed by atoms with E-state index < -0.39 is 0 Å². The molecule has 0 aliphatic carbocycles. The fourth-order valence-electron chi connectivity index (χ4n) is 2.42. The van der Waals surface area contributed by atoms with Gasteiger partial charge in [0.05, 0.1) is 6.61 Å². The molecule has 1 aromatic carbocycles. The first-order chi connectivity index (χ1) is 9.15. The van der Waals surface area contributed by atoms with Crippen LogP contribution in [0, 0.1) is 0 Å². The third kappa shape index (κ3) is 5.21. The highest BCUT2D eigenvalue weighted by Crippen LogP contribution is 2.16. The van der Waals surface area contributed by atoms with Gasteiger partial charge in [-0.15, -0.1) is 0 Å². The molecule has 0 aliphatic heterocycles. The number of benzene rings is 1. The van der Waals surface area contributed by atoms with Gasteiger partial charge in [-0.05, 0) is 45.4 Å². The summed E-state index contributed by atoms with van der Waals surface area (Å²) in [6.45, 7) is 9.49. The van der Waals surface area contributed by atoms with E-state index in [1.54, 1.807) is 0 Å². The average molecular weight is 264 g/mol. The van der Waals surface area contributed by atoms with Gasteiger partial charge in [-0.3, -0.25) is 0 Å². The van der Waals surface area contributed by atoms with Crippen LogP contribution in [0.15, 0.2) is 30.3 Å². The van der Waals surface area contributed by atoms with Crippen molar-refractivity contribution in [2.24, 2.45) is 0 Å². The smallest absolute Gasteiger partial charge is 0.0610 e. The molecule has 0 aliphatic rings. The molecule has 0 heterocycles. The van der Waals surface area contributed by atoms with Crippen LogP contribution in [0.4, 0.5) is 5.69 Å². The van der Waals surface area contributed by atoms with Gasteiger partial charge in [0, 0.05) is 24.3 Å². The molecule has 0 saturated carbocycles. The van der Waals surface area contributed by atoms with Gasteiger partial charge in [0.2, 0.25) is 0 Å². The van der Waals surface area contributed by atoms with Gasteiger partial charge in [-0.25, -0.2) is 0 Å². The molecule has 19 heavy (non-hydrogen) atoms. The topological polar surface area (TPSA) is 35.5 Å². The molecule has 108 valence electrons. The molecule has 1 aromatic rings. The largest absolute Gasteiger partial charge is 0.394 e. The summed E-state index contributed by atoms with van der Waals surface area (Å²) in [6, 6.07) is 10.5. The Morgan fingerprint density at radius 2 is 1.89 bits per heavy atom. The lowest BCUT2D eigenvalue weighted by atomic mass is 9.96. The zero-order valence-corrected chi connectivity index (χ0v) is 12.5. The van der Waals surface area contributed by atoms with Crippen LogP contribution in [-0.2, 0) is 0 Å². The Bertz CT molecular complexity index is 342. The first-order valence-corrected chi connectivity index (χ1v) is 7.31. The van der Waals surface area contributed by atoms with E-state index in [1.165, 1.54) is 5.69 Å². The maximum absolute atomic E-state index is 9.48. The molecule has 0 amide bonds. The Hall–Kier alpha value is -1.06. The molecule has 0 saturated heterocycles. The molecule has 1 rings (SSSR count). The van der Waals surface area contributed by atoms with Gasteiger partial charge in [0.25, 0.3) is 0 Å². The highest BCUT2D eigenvalue weighted by molar-refractivity contribution is 5.45. The standard InChI is InChI=1S/C16H28N2O/c1-4-17-16(3,14-19)12-9-13-18(5-2)15-10-7-6-8-11-15/h6-8,10-11,17,19H,4-5,9,12-14H2,1-3H3. The normalized spacial score (nSPS) is 14.1. The van der Waals surface area contributed by atoms with Gasteiger partial charge in [0.15, 0.2) is 0 Å². The van der Waals surface area contributed by atoms with Crippen LogP contribution < -0.4 is 10.2 Å².